The minimum atomic E-state index is 0.744. The lowest BCUT2D eigenvalue weighted by Gasteiger charge is -2.27. The second kappa shape index (κ2) is 8.52. The largest absolute Gasteiger partial charge is 0.316 e. The lowest BCUT2D eigenvalue weighted by molar-refractivity contribution is 0.210. The van der Waals surface area contributed by atoms with Crippen LogP contribution in [0.15, 0.2) is 0 Å². The number of nitrogens with one attached hydrogen (secondary N) is 1. The lowest BCUT2D eigenvalue weighted by Crippen LogP contribution is -2.38. The first-order valence-electron chi connectivity index (χ1n) is 5.70. The molecule has 80 valence electrons. The molecule has 0 amide bonds. The standard InChI is InChI=1S/C11H26N2/c1-5-8-11(4)13(7-3)10-9-12-6-2/h11-12H,5-10H2,1-4H3. The van der Waals surface area contributed by atoms with E-state index in [4.69, 9.17) is 0 Å². The monoisotopic (exact) mass is 186 g/mol. The first kappa shape index (κ1) is 12.9. The van der Waals surface area contributed by atoms with E-state index in [1.807, 2.05) is 0 Å². The Hall–Kier alpha value is -0.0800. The summed E-state index contributed by atoms with van der Waals surface area (Å²) < 4.78 is 0. The van der Waals surface area contributed by atoms with Crippen molar-refractivity contribution in [3.8, 4) is 0 Å². The van der Waals surface area contributed by atoms with E-state index >= 15 is 0 Å². The molecule has 0 aromatic heterocycles. The van der Waals surface area contributed by atoms with Gasteiger partial charge in [-0.05, 0) is 26.4 Å². The van der Waals surface area contributed by atoms with Gasteiger partial charge < -0.3 is 5.32 Å². The highest BCUT2D eigenvalue weighted by Gasteiger charge is 2.09. The molecular formula is C11H26N2. The third kappa shape index (κ3) is 6.05. The van der Waals surface area contributed by atoms with Crippen molar-refractivity contribution in [2.45, 2.75) is 46.6 Å². The molecular weight excluding hydrogens is 160 g/mol. The van der Waals surface area contributed by atoms with Crippen LogP contribution in [0.5, 0.6) is 0 Å². The predicted octanol–water partition coefficient (Wildman–Crippen LogP) is 2.11. The molecule has 0 aromatic carbocycles. The maximum absolute atomic E-state index is 3.37. The van der Waals surface area contributed by atoms with Crippen molar-refractivity contribution in [2.75, 3.05) is 26.2 Å². The summed E-state index contributed by atoms with van der Waals surface area (Å²) in [7, 11) is 0. The quantitative estimate of drug-likeness (QED) is 0.584. The average Bonchev–Trinajstić information content (AvgIpc) is 2.13. The Balaban J connectivity index is 3.60. The second-order valence-corrected chi connectivity index (χ2v) is 3.62. The zero-order chi connectivity index (χ0) is 10.1. The van der Waals surface area contributed by atoms with Gasteiger partial charge in [-0.3, -0.25) is 4.90 Å². The van der Waals surface area contributed by atoms with E-state index in [1.165, 1.54) is 25.9 Å². The Labute approximate surface area is 83.7 Å². The highest BCUT2D eigenvalue weighted by atomic mass is 15.2. The fourth-order valence-electron chi connectivity index (χ4n) is 1.69. The highest BCUT2D eigenvalue weighted by Crippen LogP contribution is 2.04. The van der Waals surface area contributed by atoms with Crippen LogP contribution in [0.2, 0.25) is 0 Å². The van der Waals surface area contributed by atoms with Crippen LogP contribution in [0, 0.1) is 0 Å². The van der Waals surface area contributed by atoms with Gasteiger partial charge in [-0.2, -0.15) is 0 Å². The molecule has 2 heteroatoms. The molecule has 13 heavy (non-hydrogen) atoms. The van der Waals surface area contributed by atoms with Crippen LogP contribution in [-0.4, -0.2) is 37.1 Å². The molecule has 0 radical (unpaired) electrons. The fraction of sp³-hybridized carbons (Fsp3) is 1.00. The van der Waals surface area contributed by atoms with E-state index in [0.29, 0.717) is 0 Å². The topological polar surface area (TPSA) is 15.3 Å². The van der Waals surface area contributed by atoms with Crippen molar-refractivity contribution in [3.63, 3.8) is 0 Å². The maximum atomic E-state index is 3.37. The van der Waals surface area contributed by atoms with Gasteiger partial charge >= 0.3 is 0 Å². The van der Waals surface area contributed by atoms with Crippen LogP contribution in [0.3, 0.4) is 0 Å². The van der Waals surface area contributed by atoms with Gasteiger partial charge in [0.2, 0.25) is 0 Å². The Morgan fingerprint density at radius 2 is 1.92 bits per heavy atom. The second-order valence-electron chi connectivity index (χ2n) is 3.62. The Morgan fingerprint density at radius 3 is 2.38 bits per heavy atom. The molecule has 1 unspecified atom stereocenters. The van der Waals surface area contributed by atoms with Gasteiger partial charge in [0, 0.05) is 19.1 Å². The van der Waals surface area contributed by atoms with Crippen LogP contribution < -0.4 is 5.32 Å². The molecule has 2 nitrogen and oxygen atoms in total. The predicted molar refractivity (Wildman–Crippen MR) is 60.2 cm³/mol. The number of likely N-dealkylation sites (N-methyl/N-ethyl adjacent to an activating group) is 2. The van der Waals surface area contributed by atoms with Gasteiger partial charge in [-0.1, -0.05) is 27.2 Å². The molecule has 0 fully saturated rings. The fourth-order valence-corrected chi connectivity index (χ4v) is 1.69. The van der Waals surface area contributed by atoms with Crippen molar-refractivity contribution >= 4 is 0 Å². The summed E-state index contributed by atoms with van der Waals surface area (Å²) in [6, 6.07) is 0.744. The van der Waals surface area contributed by atoms with Gasteiger partial charge in [-0.15, -0.1) is 0 Å². The zero-order valence-electron chi connectivity index (χ0n) is 9.77. The Bertz CT molecular complexity index is 104. The molecule has 0 aliphatic rings. The first-order valence-corrected chi connectivity index (χ1v) is 5.70. The number of rotatable bonds is 8. The minimum Gasteiger partial charge on any atom is -0.316 e. The average molecular weight is 186 g/mol. The van der Waals surface area contributed by atoms with Crippen molar-refractivity contribution in [3.05, 3.63) is 0 Å². The molecule has 0 aliphatic heterocycles. The van der Waals surface area contributed by atoms with Crippen LogP contribution in [-0.2, 0) is 0 Å². The van der Waals surface area contributed by atoms with Crippen molar-refractivity contribution in [1.82, 2.24) is 10.2 Å². The van der Waals surface area contributed by atoms with Gasteiger partial charge in [-0.25, -0.2) is 0 Å². The van der Waals surface area contributed by atoms with E-state index in [0.717, 1.165) is 19.1 Å². The van der Waals surface area contributed by atoms with Gasteiger partial charge in [0.15, 0.2) is 0 Å². The number of nitrogens with zero attached hydrogens (tertiary/aromatic N) is 1. The zero-order valence-corrected chi connectivity index (χ0v) is 9.77. The summed E-state index contributed by atoms with van der Waals surface area (Å²) in [5.41, 5.74) is 0. The van der Waals surface area contributed by atoms with Crippen LogP contribution in [0.4, 0.5) is 0 Å². The number of hydrogen-bond acceptors (Lipinski definition) is 2. The summed E-state index contributed by atoms with van der Waals surface area (Å²) in [6.45, 7) is 13.6. The van der Waals surface area contributed by atoms with E-state index in [-0.39, 0.29) is 0 Å². The summed E-state index contributed by atoms with van der Waals surface area (Å²) in [4.78, 5) is 2.55. The van der Waals surface area contributed by atoms with E-state index in [1.54, 1.807) is 0 Å². The van der Waals surface area contributed by atoms with Gasteiger partial charge in [0.1, 0.15) is 0 Å². The Morgan fingerprint density at radius 1 is 1.23 bits per heavy atom. The van der Waals surface area contributed by atoms with E-state index < -0.39 is 0 Å². The molecule has 0 saturated carbocycles. The van der Waals surface area contributed by atoms with Crippen LogP contribution in [0.1, 0.15) is 40.5 Å². The van der Waals surface area contributed by atoms with Crippen LogP contribution in [0.25, 0.3) is 0 Å². The first-order chi connectivity index (χ1) is 6.26. The molecule has 1 N–H and O–H groups in total. The lowest BCUT2D eigenvalue weighted by atomic mass is 10.1. The van der Waals surface area contributed by atoms with Crippen molar-refractivity contribution < 1.29 is 0 Å². The highest BCUT2D eigenvalue weighted by molar-refractivity contribution is 4.66. The summed E-state index contributed by atoms with van der Waals surface area (Å²) >= 11 is 0. The van der Waals surface area contributed by atoms with Gasteiger partial charge in [0.05, 0.1) is 0 Å². The van der Waals surface area contributed by atoms with Gasteiger partial charge in [0.25, 0.3) is 0 Å². The molecule has 0 rings (SSSR count). The SMILES string of the molecule is CCCC(C)N(CC)CCNCC. The third-order valence-electron chi connectivity index (χ3n) is 2.56. The molecule has 0 saturated heterocycles. The molecule has 0 spiro atoms. The summed E-state index contributed by atoms with van der Waals surface area (Å²) in [6.07, 6.45) is 2.61. The summed E-state index contributed by atoms with van der Waals surface area (Å²) in [5.74, 6) is 0. The molecule has 0 aliphatic carbocycles. The molecule has 0 bridgehead atoms. The third-order valence-corrected chi connectivity index (χ3v) is 2.56. The molecule has 1 atom stereocenters. The number of hydrogen-bond donors (Lipinski definition) is 1. The van der Waals surface area contributed by atoms with E-state index in [9.17, 15) is 0 Å². The van der Waals surface area contributed by atoms with Crippen molar-refractivity contribution in [2.24, 2.45) is 0 Å². The van der Waals surface area contributed by atoms with Crippen molar-refractivity contribution in [1.29, 1.82) is 0 Å². The normalized spacial score (nSPS) is 13.6. The summed E-state index contributed by atoms with van der Waals surface area (Å²) in [5, 5.41) is 3.37. The maximum Gasteiger partial charge on any atom is 0.0110 e. The molecule has 0 aromatic rings. The molecule has 0 heterocycles. The minimum absolute atomic E-state index is 0.744. The van der Waals surface area contributed by atoms with E-state index in [2.05, 4.69) is 37.9 Å². The van der Waals surface area contributed by atoms with Crippen LogP contribution >= 0.6 is 0 Å². The Kier molecular flexibility index (Phi) is 8.46. The smallest absolute Gasteiger partial charge is 0.0110 e.